The Morgan fingerprint density at radius 2 is 1.93 bits per heavy atom. The Hall–Kier alpha value is -3.07. The minimum Gasteiger partial charge on any atom is -0.497 e. The molecule has 0 N–H and O–H groups in total. The molecule has 0 spiro atoms. The molecule has 1 amide bonds. The van der Waals surface area contributed by atoms with Crippen molar-refractivity contribution in [3.8, 4) is 17.0 Å². The summed E-state index contributed by atoms with van der Waals surface area (Å²) in [6, 6.07) is 9.81. The van der Waals surface area contributed by atoms with Crippen LogP contribution in [0.2, 0.25) is 0 Å². The molecule has 154 valence electrons. The van der Waals surface area contributed by atoms with Crippen molar-refractivity contribution >= 4 is 28.8 Å². The van der Waals surface area contributed by atoms with Crippen molar-refractivity contribution < 1.29 is 9.53 Å². The lowest BCUT2D eigenvalue weighted by atomic mass is 10.1. The number of benzene rings is 1. The molecule has 0 atom stereocenters. The second kappa shape index (κ2) is 7.98. The van der Waals surface area contributed by atoms with Crippen molar-refractivity contribution in [3.63, 3.8) is 0 Å². The monoisotopic (exact) mass is 422 g/mol. The van der Waals surface area contributed by atoms with Gasteiger partial charge in [-0.25, -0.2) is 4.52 Å². The van der Waals surface area contributed by atoms with Gasteiger partial charge in [-0.1, -0.05) is 0 Å². The number of fused-ring (bicyclic) bond motifs is 3. The number of hydrogen-bond donors (Lipinski definition) is 0. The van der Waals surface area contributed by atoms with E-state index in [9.17, 15) is 4.79 Å². The molecule has 8 nitrogen and oxygen atoms in total. The second-order valence-electron chi connectivity index (χ2n) is 7.19. The minimum atomic E-state index is 0.194. The van der Waals surface area contributed by atoms with Crippen molar-refractivity contribution in [2.24, 2.45) is 0 Å². The van der Waals surface area contributed by atoms with Gasteiger partial charge in [0.2, 0.25) is 5.91 Å². The first-order valence-electron chi connectivity index (χ1n) is 9.95. The van der Waals surface area contributed by atoms with Gasteiger partial charge >= 0.3 is 0 Å². The van der Waals surface area contributed by atoms with E-state index in [0.717, 1.165) is 58.6 Å². The maximum Gasteiger partial charge on any atom is 0.223 e. The lowest BCUT2D eigenvalue weighted by molar-refractivity contribution is -0.130. The Kier molecular flexibility index (Phi) is 5.04. The van der Waals surface area contributed by atoms with Crippen LogP contribution in [-0.2, 0) is 11.2 Å². The van der Waals surface area contributed by atoms with Gasteiger partial charge in [-0.05, 0) is 30.3 Å². The third kappa shape index (κ3) is 3.49. The highest BCUT2D eigenvalue weighted by molar-refractivity contribution is 7.99. The van der Waals surface area contributed by atoms with Crippen molar-refractivity contribution in [2.75, 3.05) is 31.7 Å². The molecule has 5 rings (SSSR count). The summed E-state index contributed by atoms with van der Waals surface area (Å²) in [7, 11) is 1.65. The summed E-state index contributed by atoms with van der Waals surface area (Å²) >= 11 is 1.90. The molecule has 1 aromatic carbocycles. The third-order valence-corrected chi connectivity index (χ3v) is 6.34. The molecule has 1 aliphatic rings. The predicted octanol–water partition coefficient (Wildman–Crippen LogP) is 2.56. The van der Waals surface area contributed by atoms with Crippen LogP contribution in [0.15, 0.2) is 42.7 Å². The van der Waals surface area contributed by atoms with Crippen molar-refractivity contribution in [1.82, 2.24) is 29.1 Å². The Bertz CT molecular complexity index is 1190. The van der Waals surface area contributed by atoms with E-state index in [-0.39, 0.29) is 5.91 Å². The van der Waals surface area contributed by atoms with Crippen LogP contribution >= 0.6 is 11.8 Å². The molecule has 0 saturated carbocycles. The molecular formula is C21H22N6O2S. The summed E-state index contributed by atoms with van der Waals surface area (Å²) in [5.41, 5.74) is 3.47. The van der Waals surface area contributed by atoms with Crippen molar-refractivity contribution in [2.45, 2.75) is 12.8 Å². The molecule has 3 aromatic heterocycles. The quantitative estimate of drug-likeness (QED) is 0.492. The van der Waals surface area contributed by atoms with E-state index in [1.54, 1.807) is 7.11 Å². The van der Waals surface area contributed by atoms with Crippen molar-refractivity contribution in [1.29, 1.82) is 0 Å². The number of carbonyl (C=O) groups is 1. The number of hydrogen-bond acceptors (Lipinski definition) is 6. The Labute approximate surface area is 177 Å². The molecule has 4 heterocycles. The van der Waals surface area contributed by atoms with Crippen molar-refractivity contribution in [3.05, 3.63) is 48.5 Å². The summed E-state index contributed by atoms with van der Waals surface area (Å²) in [5.74, 6) is 3.84. The van der Waals surface area contributed by atoms with E-state index in [4.69, 9.17) is 4.74 Å². The molecule has 1 fully saturated rings. The maximum absolute atomic E-state index is 12.5. The number of aromatic nitrogens is 5. The fourth-order valence-electron chi connectivity index (χ4n) is 3.72. The highest BCUT2D eigenvalue weighted by Gasteiger charge is 2.18. The van der Waals surface area contributed by atoms with Gasteiger partial charge in [-0.3, -0.25) is 9.20 Å². The first-order chi connectivity index (χ1) is 14.7. The Morgan fingerprint density at radius 3 is 2.70 bits per heavy atom. The number of methoxy groups -OCH3 is 1. The summed E-state index contributed by atoms with van der Waals surface area (Å²) in [6.07, 6.45) is 4.82. The molecule has 1 aliphatic heterocycles. The first kappa shape index (κ1) is 18.9. The van der Waals surface area contributed by atoms with Gasteiger partial charge in [-0.2, -0.15) is 16.9 Å². The first-order valence-corrected chi connectivity index (χ1v) is 11.1. The number of ether oxygens (including phenoxy) is 1. The zero-order valence-corrected chi connectivity index (χ0v) is 17.5. The molecule has 0 bridgehead atoms. The van der Waals surface area contributed by atoms with Crippen LogP contribution in [-0.4, -0.2) is 66.7 Å². The lowest BCUT2D eigenvalue weighted by Gasteiger charge is -2.26. The maximum atomic E-state index is 12.5. The smallest absolute Gasteiger partial charge is 0.223 e. The molecule has 1 saturated heterocycles. The van der Waals surface area contributed by atoms with Crippen LogP contribution in [0.5, 0.6) is 5.75 Å². The normalized spacial score (nSPS) is 14.5. The van der Waals surface area contributed by atoms with E-state index < -0.39 is 0 Å². The molecule has 9 heteroatoms. The van der Waals surface area contributed by atoms with Crippen LogP contribution in [0.25, 0.3) is 22.4 Å². The van der Waals surface area contributed by atoms with E-state index in [0.29, 0.717) is 12.8 Å². The van der Waals surface area contributed by atoms with Gasteiger partial charge in [0.15, 0.2) is 5.65 Å². The van der Waals surface area contributed by atoms with Gasteiger partial charge < -0.3 is 9.64 Å². The SMILES string of the molecule is COc1ccc(-c2cc3c4nnc(CCC(=O)N5CCSCC5)n4ccn3n2)cc1. The topological polar surface area (TPSA) is 77.0 Å². The number of aryl methyl sites for hydroxylation is 1. The highest BCUT2D eigenvalue weighted by Crippen LogP contribution is 2.24. The number of rotatable bonds is 5. The second-order valence-corrected chi connectivity index (χ2v) is 8.41. The summed E-state index contributed by atoms with van der Waals surface area (Å²) < 4.78 is 8.99. The van der Waals surface area contributed by atoms with E-state index >= 15 is 0 Å². The van der Waals surface area contributed by atoms with E-state index in [2.05, 4.69) is 15.3 Å². The number of amides is 1. The van der Waals surface area contributed by atoms with Crippen LogP contribution in [0.3, 0.4) is 0 Å². The molecular weight excluding hydrogens is 400 g/mol. The Morgan fingerprint density at radius 1 is 1.13 bits per heavy atom. The van der Waals surface area contributed by atoms with E-state index in [1.165, 1.54) is 0 Å². The van der Waals surface area contributed by atoms with Gasteiger partial charge in [0, 0.05) is 55.4 Å². The lowest BCUT2D eigenvalue weighted by Crippen LogP contribution is -2.38. The summed E-state index contributed by atoms with van der Waals surface area (Å²) in [5, 5.41) is 13.4. The van der Waals surface area contributed by atoms with Crippen LogP contribution in [0.4, 0.5) is 0 Å². The predicted molar refractivity (Wildman–Crippen MR) is 116 cm³/mol. The van der Waals surface area contributed by atoms with E-state index in [1.807, 2.05) is 68.3 Å². The highest BCUT2D eigenvalue weighted by atomic mass is 32.2. The zero-order valence-electron chi connectivity index (χ0n) is 16.7. The Balaban J connectivity index is 1.40. The minimum absolute atomic E-state index is 0.194. The molecule has 0 radical (unpaired) electrons. The van der Waals surface area contributed by atoms with Crippen LogP contribution in [0, 0.1) is 0 Å². The summed E-state index contributed by atoms with van der Waals surface area (Å²) in [6.45, 7) is 1.68. The molecule has 4 aromatic rings. The van der Waals surface area contributed by atoms with Gasteiger partial charge in [0.1, 0.15) is 17.1 Å². The molecule has 0 aliphatic carbocycles. The number of nitrogens with zero attached hydrogens (tertiary/aromatic N) is 6. The average Bonchev–Trinajstić information content (AvgIpc) is 3.42. The number of thioether (sulfide) groups is 1. The van der Waals surface area contributed by atoms with Gasteiger partial charge in [-0.15, -0.1) is 10.2 Å². The van der Waals surface area contributed by atoms with Gasteiger partial charge in [0.25, 0.3) is 0 Å². The third-order valence-electron chi connectivity index (χ3n) is 5.40. The average molecular weight is 423 g/mol. The standard InChI is InChI=1S/C21H22N6O2S/c1-29-16-4-2-15(3-5-16)17-14-18-21-23-22-19(26(21)8-9-27(18)24-17)6-7-20(28)25-10-12-30-13-11-25/h2-5,8-9,14H,6-7,10-13H2,1H3. The molecule has 30 heavy (non-hydrogen) atoms. The fraction of sp³-hybridized carbons (Fsp3) is 0.333. The van der Waals surface area contributed by atoms with Crippen LogP contribution < -0.4 is 4.74 Å². The molecule has 0 unspecified atom stereocenters. The zero-order chi connectivity index (χ0) is 20.5. The number of carbonyl (C=O) groups excluding carboxylic acids is 1. The van der Waals surface area contributed by atoms with Crippen LogP contribution in [0.1, 0.15) is 12.2 Å². The fourth-order valence-corrected chi connectivity index (χ4v) is 4.63. The summed E-state index contributed by atoms with van der Waals surface area (Å²) in [4.78, 5) is 14.4. The largest absolute Gasteiger partial charge is 0.497 e. The van der Waals surface area contributed by atoms with Gasteiger partial charge in [0.05, 0.1) is 12.8 Å².